The van der Waals surface area contributed by atoms with E-state index in [-0.39, 0.29) is 11.7 Å². The molecule has 0 spiro atoms. The van der Waals surface area contributed by atoms with E-state index in [2.05, 4.69) is 36.7 Å². The van der Waals surface area contributed by atoms with E-state index in [0.717, 1.165) is 15.7 Å². The number of amides is 1. The Morgan fingerprint density at radius 2 is 1.70 bits per heavy atom. The van der Waals surface area contributed by atoms with Crippen molar-refractivity contribution < 1.29 is 19.0 Å². The summed E-state index contributed by atoms with van der Waals surface area (Å²) in [5.41, 5.74) is 4.97. The van der Waals surface area contributed by atoms with Crippen LogP contribution in [0.3, 0.4) is 0 Å². The molecular formula is C26H24BrN5O4S. The molecule has 11 heteroatoms. The molecule has 9 nitrogen and oxygen atoms in total. The first-order valence-corrected chi connectivity index (χ1v) is 12.8. The minimum Gasteiger partial charge on any atom is -0.493 e. The fourth-order valence-electron chi connectivity index (χ4n) is 3.52. The van der Waals surface area contributed by atoms with Crippen LogP contribution in [0.1, 0.15) is 5.56 Å². The van der Waals surface area contributed by atoms with Gasteiger partial charge in [0.15, 0.2) is 22.5 Å². The van der Waals surface area contributed by atoms with Crippen LogP contribution < -0.4 is 19.6 Å². The van der Waals surface area contributed by atoms with Gasteiger partial charge in [0, 0.05) is 21.3 Å². The zero-order valence-electron chi connectivity index (χ0n) is 20.3. The summed E-state index contributed by atoms with van der Waals surface area (Å²) in [6, 6.07) is 21.1. The van der Waals surface area contributed by atoms with Crippen LogP contribution >= 0.6 is 27.7 Å². The molecule has 0 atom stereocenters. The number of nitrogens with zero attached hydrogens (tertiary/aromatic N) is 4. The number of methoxy groups -OCH3 is 3. The Balaban J connectivity index is 1.49. The van der Waals surface area contributed by atoms with Crippen LogP contribution in [0.4, 0.5) is 0 Å². The molecule has 0 unspecified atom stereocenters. The van der Waals surface area contributed by atoms with E-state index >= 15 is 0 Å². The number of halogens is 1. The van der Waals surface area contributed by atoms with E-state index in [1.54, 1.807) is 19.2 Å². The number of carbonyl (C=O) groups excluding carboxylic acids is 1. The summed E-state index contributed by atoms with van der Waals surface area (Å²) < 4.78 is 19.0. The molecule has 0 aliphatic carbocycles. The number of nitrogens with one attached hydrogen (secondary N) is 1. The summed E-state index contributed by atoms with van der Waals surface area (Å²) in [6.07, 6.45) is 1.49. The van der Waals surface area contributed by atoms with Crippen LogP contribution in [0, 0.1) is 0 Å². The highest BCUT2D eigenvalue weighted by Crippen LogP contribution is 2.39. The second-order valence-electron chi connectivity index (χ2n) is 7.49. The Bertz CT molecular complexity index is 1390. The van der Waals surface area contributed by atoms with E-state index in [9.17, 15) is 4.79 Å². The molecule has 37 heavy (non-hydrogen) atoms. The smallest absolute Gasteiger partial charge is 0.250 e. The van der Waals surface area contributed by atoms with Gasteiger partial charge in [-0.1, -0.05) is 58.0 Å². The number of thioether (sulfide) groups is 1. The van der Waals surface area contributed by atoms with Crippen molar-refractivity contribution in [3.8, 4) is 34.3 Å². The third kappa shape index (κ3) is 6.12. The molecule has 1 aromatic heterocycles. The van der Waals surface area contributed by atoms with Gasteiger partial charge in [-0.15, -0.1) is 10.2 Å². The molecule has 0 aliphatic heterocycles. The average Bonchev–Trinajstić information content (AvgIpc) is 3.36. The molecule has 0 saturated heterocycles. The van der Waals surface area contributed by atoms with Gasteiger partial charge in [0.05, 0.1) is 33.3 Å². The van der Waals surface area contributed by atoms with Crippen molar-refractivity contribution >= 4 is 39.8 Å². The fourth-order valence-corrected chi connectivity index (χ4v) is 4.53. The Morgan fingerprint density at radius 3 is 2.38 bits per heavy atom. The molecule has 1 heterocycles. The highest BCUT2D eigenvalue weighted by Gasteiger charge is 2.18. The predicted octanol–water partition coefficient (Wildman–Crippen LogP) is 4.97. The Kier molecular flexibility index (Phi) is 8.81. The lowest BCUT2D eigenvalue weighted by Gasteiger charge is -2.13. The SMILES string of the molecule is COc1ccc(/C=N\NC(=O)CSc2nnc(-c3ccc(Br)cc3)n2-c2ccccc2)c(OC)c1OC. The van der Waals surface area contributed by atoms with Crippen LogP contribution in [0.5, 0.6) is 17.2 Å². The van der Waals surface area contributed by atoms with Crippen LogP contribution in [0.2, 0.25) is 0 Å². The average molecular weight is 582 g/mol. The molecule has 4 aromatic rings. The molecular weight excluding hydrogens is 558 g/mol. The molecule has 0 aliphatic rings. The molecule has 4 rings (SSSR count). The summed E-state index contributed by atoms with van der Waals surface area (Å²) in [5.74, 6) is 1.89. The second-order valence-corrected chi connectivity index (χ2v) is 9.35. The lowest BCUT2D eigenvalue weighted by atomic mass is 10.2. The van der Waals surface area contributed by atoms with Crippen LogP contribution in [0.15, 0.2) is 81.5 Å². The monoisotopic (exact) mass is 581 g/mol. The minimum absolute atomic E-state index is 0.0890. The van der Waals surface area contributed by atoms with E-state index < -0.39 is 0 Å². The van der Waals surface area contributed by atoms with Gasteiger partial charge in [0.25, 0.3) is 5.91 Å². The number of ether oxygens (including phenoxy) is 3. The summed E-state index contributed by atoms with van der Waals surface area (Å²) in [7, 11) is 4.59. The number of rotatable bonds is 10. The zero-order chi connectivity index (χ0) is 26.2. The second kappa shape index (κ2) is 12.4. The summed E-state index contributed by atoms with van der Waals surface area (Å²) in [4.78, 5) is 12.6. The van der Waals surface area contributed by atoms with Gasteiger partial charge < -0.3 is 14.2 Å². The number of hydrogen-bond donors (Lipinski definition) is 1. The van der Waals surface area contributed by atoms with Gasteiger partial charge in [0.1, 0.15) is 0 Å². The minimum atomic E-state index is -0.298. The number of aromatic nitrogens is 3. The molecule has 0 saturated carbocycles. The first-order chi connectivity index (χ1) is 18.0. The van der Waals surface area contributed by atoms with Crippen molar-refractivity contribution in [3.05, 3.63) is 76.8 Å². The van der Waals surface area contributed by atoms with E-state index in [1.165, 1.54) is 32.2 Å². The molecule has 1 N–H and O–H groups in total. The van der Waals surface area contributed by atoms with Crippen molar-refractivity contribution in [2.24, 2.45) is 5.10 Å². The molecule has 0 bridgehead atoms. The molecule has 3 aromatic carbocycles. The maximum absolute atomic E-state index is 12.6. The quantitative estimate of drug-likeness (QED) is 0.160. The molecule has 190 valence electrons. The number of benzene rings is 3. The van der Waals surface area contributed by atoms with Crippen molar-refractivity contribution in [3.63, 3.8) is 0 Å². The lowest BCUT2D eigenvalue weighted by Crippen LogP contribution is -2.20. The first kappa shape index (κ1) is 26.2. The molecule has 1 amide bonds. The van der Waals surface area contributed by atoms with Crippen molar-refractivity contribution in [2.75, 3.05) is 27.1 Å². The van der Waals surface area contributed by atoms with Gasteiger partial charge in [-0.2, -0.15) is 5.10 Å². The Hall–Kier alpha value is -3.83. The number of para-hydroxylation sites is 1. The van der Waals surface area contributed by atoms with Gasteiger partial charge in [0.2, 0.25) is 5.75 Å². The maximum Gasteiger partial charge on any atom is 0.250 e. The summed E-state index contributed by atoms with van der Waals surface area (Å²) in [6.45, 7) is 0. The third-order valence-electron chi connectivity index (χ3n) is 5.21. The summed E-state index contributed by atoms with van der Waals surface area (Å²) >= 11 is 4.73. The standard InChI is InChI=1S/C26H24BrN5O4S/c1-34-21-14-11-18(23(35-2)24(21)36-3)15-28-29-22(33)16-37-26-31-30-25(17-9-12-19(27)13-10-17)32(26)20-7-5-4-6-8-20/h4-15H,16H2,1-3H3,(H,29,33)/b28-15-. The van der Waals surface area contributed by atoms with Crippen LogP contribution in [-0.2, 0) is 4.79 Å². The largest absolute Gasteiger partial charge is 0.493 e. The number of hydrazone groups is 1. The summed E-state index contributed by atoms with van der Waals surface area (Å²) in [5, 5.41) is 13.4. The lowest BCUT2D eigenvalue weighted by molar-refractivity contribution is -0.118. The van der Waals surface area contributed by atoms with Crippen LogP contribution in [-0.4, -0.2) is 54.0 Å². The Labute approximate surface area is 227 Å². The first-order valence-electron chi connectivity index (χ1n) is 11.1. The number of hydrogen-bond acceptors (Lipinski definition) is 8. The molecule has 0 fully saturated rings. The van der Waals surface area contributed by atoms with Gasteiger partial charge in [-0.05, 0) is 36.4 Å². The van der Waals surface area contributed by atoms with Gasteiger partial charge in [-0.25, -0.2) is 5.43 Å². The van der Waals surface area contributed by atoms with Crippen molar-refractivity contribution in [1.82, 2.24) is 20.2 Å². The fraction of sp³-hybridized carbons (Fsp3) is 0.154. The zero-order valence-corrected chi connectivity index (χ0v) is 22.7. The van der Waals surface area contributed by atoms with Crippen molar-refractivity contribution in [1.29, 1.82) is 0 Å². The van der Waals surface area contributed by atoms with E-state index in [0.29, 0.717) is 33.8 Å². The number of carbonyl (C=O) groups is 1. The van der Waals surface area contributed by atoms with E-state index in [4.69, 9.17) is 14.2 Å². The maximum atomic E-state index is 12.6. The van der Waals surface area contributed by atoms with Gasteiger partial charge >= 0.3 is 0 Å². The highest BCUT2D eigenvalue weighted by atomic mass is 79.9. The predicted molar refractivity (Wildman–Crippen MR) is 147 cm³/mol. The van der Waals surface area contributed by atoms with Crippen molar-refractivity contribution in [2.45, 2.75) is 5.16 Å². The normalized spacial score (nSPS) is 10.9. The Morgan fingerprint density at radius 1 is 0.973 bits per heavy atom. The third-order valence-corrected chi connectivity index (χ3v) is 6.67. The van der Waals surface area contributed by atoms with Gasteiger partial charge in [-0.3, -0.25) is 9.36 Å². The molecule has 0 radical (unpaired) electrons. The highest BCUT2D eigenvalue weighted by molar-refractivity contribution is 9.10. The topological polar surface area (TPSA) is 99.9 Å². The van der Waals surface area contributed by atoms with E-state index in [1.807, 2.05) is 59.2 Å². The van der Waals surface area contributed by atoms with Crippen LogP contribution in [0.25, 0.3) is 17.1 Å².